The number of rotatable bonds is 2. The summed E-state index contributed by atoms with van der Waals surface area (Å²) < 4.78 is 0. The summed E-state index contributed by atoms with van der Waals surface area (Å²) in [5.74, 6) is 5.48. The number of nitrogens with two attached hydrogens (primary N) is 1. The first-order chi connectivity index (χ1) is 9.69. The van der Waals surface area contributed by atoms with Gasteiger partial charge in [0, 0.05) is 36.4 Å². The Morgan fingerprint density at radius 3 is 2.75 bits per heavy atom. The molecule has 0 bridgehead atoms. The number of carbonyl (C=O) groups is 1. The fourth-order valence-electron chi connectivity index (χ4n) is 3.35. The minimum atomic E-state index is 0.132. The number of nitrogens with one attached hydrogen (secondary N) is 1. The summed E-state index contributed by atoms with van der Waals surface area (Å²) in [6.07, 6.45) is 2.48. The van der Waals surface area contributed by atoms with Crippen LogP contribution >= 0.6 is 0 Å². The lowest BCUT2D eigenvalue weighted by molar-refractivity contribution is 0.0395. The van der Waals surface area contributed by atoms with Crippen molar-refractivity contribution in [2.24, 2.45) is 5.84 Å². The summed E-state index contributed by atoms with van der Waals surface area (Å²) >= 11 is 0. The number of amides is 1. The first kappa shape index (κ1) is 13.4. The zero-order chi connectivity index (χ0) is 14.1. The van der Waals surface area contributed by atoms with E-state index in [0.717, 1.165) is 24.3 Å². The van der Waals surface area contributed by atoms with Crippen molar-refractivity contribution in [1.82, 2.24) is 9.80 Å². The number of hydrazine groups is 1. The number of benzene rings is 1. The summed E-state index contributed by atoms with van der Waals surface area (Å²) in [5.41, 5.74) is 4.13. The molecule has 5 heteroatoms. The van der Waals surface area contributed by atoms with Crippen LogP contribution in [0.5, 0.6) is 0 Å². The van der Waals surface area contributed by atoms with Crippen molar-refractivity contribution in [2.45, 2.75) is 31.8 Å². The smallest absolute Gasteiger partial charge is 0.254 e. The molecule has 2 heterocycles. The van der Waals surface area contributed by atoms with E-state index in [9.17, 15) is 4.79 Å². The number of carbonyl (C=O) groups excluding carboxylic acids is 1. The zero-order valence-electron chi connectivity index (χ0n) is 11.9. The first-order valence-electron chi connectivity index (χ1n) is 7.30. The maximum atomic E-state index is 12.7. The highest BCUT2D eigenvalue weighted by Crippen LogP contribution is 2.25. The van der Waals surface area contributed by atoms with Gasteiger partial charge in [0.1, 0.15) is 0 Å². The Balaban J connectivity index is 1.75. The van der Waals surface area contributed by atoms with E-state index >= 15 is 0 Å². The van der Waals surface area contributed by atoms with Crippen LogP contribution in [0.4, 0.5) is 5.69 Å². The van der Waals surface area contributed by atoms with Crippen molar-refractivity contribution in [3.63, 3.8) is 0 Å². The van der Waals surface area contributed by atoms with Crippen LogP contribution in [0.1, 0.15) is 30.1 Å². The number of fused-ring (bicyclic) bond motifs is 1. The third kappa shape index (κ3) is 2.39. The maximum Gasteiger partial charge on any atom is 0.254 e. The highest BCUT2D eigenvalue weighted by Gasteiger charge is 2.36. The average Bonchev–Trinajstić information content (AvgIpc) is 2.93. The first-order valence-corrected chi connectivity index (χ1v) is 7.30. The zero-order valence-corrected chi connectivity index (χ0v) is 11.9. The van der Waals surface area contributed by atoms with Crippen LogP contribution in [0, 0.1) is 0 Å². The van der Waals surface area contributed by atoms with Gasteiger partial charge < -0.3 is 10.3 Å². The Kier molecular flexibility index (Phi) is 3.63. The monoisotopic (exact) mass is 274 g/mol. The molecule has 3 rings (SSSR count). The average molecular weight is 274 g/mol. The molecular formula is C15H22N4O. The second-order valence-electron chi connectivity index (χ2n) is 5.82. The van der Waals surface area contributed by atoms with Crippen LogP contribution in [-0.4, -0.2) is 47.4 Å². The van der Waals surface area contributed by atoms with Gasteiger partial charge in [0.25, 0.3) is 5.91 Å². The fourth-order valence-corrected chi connectivity index (χ4v) is 3.35. The summed E-state index contributed by atoms with van der Waals surface area (Å²) in [6.45, 7) is 5.19. The van der Waals surface area contributed by atoms with E-state index in [4.69, 9.17) is 5.84 Å². The highest BCUT2D eigenvalue weighted by molar-refractivity contribution is 5.94. The highest BCUT2D eigenvalue weighted by atomic mass is 16.2. The minimum absolute atomic E-state index is 0.132. The van der Waals surface area contributed by atoms with Crippen molar-refractivity contribution >= 4 is 11.6 Å². The molecule has 0 saturated carbocycles. The van der Waals surface area contributed by atoms with Gasteiger partial charge in [-0.05, 0) is 50.6 Å². The summed E-state index contributed by atoms with van der Waals surface area (Å²) in [6, 6.07) is 8.19. The van der Waals surface area contributed by atoms with Crippen molar-refractivity contribution in [2.75, 3.05) is 25.1 Å². The Morgan fingerprint density at radius 1 is 1.30 bits per heavy atom. The lowest BCUT2D eigenvalue weighted by Gasteiger charge is -2.42. The standard InChI is InChI=1S/C15H22N4O/c1-11-9-18-8-2-3-14(18)10-19(11)15(20)12-4-6-13(17-16)7-5-12/h4-7,11,14,17H,2-3,8-10,16H2,1H3. The van der Waals surface area contributed by atoms with Crippen LogP contribution in [0.15, 0.2) is 24.3 Å². The van der Waals surface area contributed by atoms with Crippen molar-refractivity contribution in [3.05, 3.63) is 29.8 Å². The maximum absolute atomic E-state index is 12.7. The molecule has 0 aromatic heterocycles. The Bertz CT molecular complexity index is 487. The van der Waals surface area contributed by atoms with E-state index in [1.165, 1.54) is 19.4 Å². The van der Waals surface area contributed by atoms with E-state index in [2.05, 4.69) is 17.2 Å². The molecule has 2 aliphatic rings. The molecule has 0 radical (unpaired) electrons. The van der Waals surface area contributed by atoms with Gasteiger partial charge in [-0.1, -0.05) is 0 Å². The SMILES string of the molecule is CC1CN2CCCC2CN1C(=O)c1ccc(NN)cc1. The van der Waals surface area contributed by atoms with E-state index < -0.39 is 0 Å². The number of hydrogen-bond donors (Lipinski definition) is 2. The summed E-state index contributed by atoms with van der Waals surface area (Å²) in [4.78, 5) is 17.2. The molecular weight excluding hydrogens is 252 g/mol. The second kappa shape index (κ2) is 5.42. The van der Waals surface area contributed by atoms with Crippen molar-refractivity contribution in [1.29, 1.82) is 0 Å². The summed E-state index contributed by atoms with van der Waals surface area (Å²) in [5, 5.41) is 0. The van der Waals surface area contributed by atoms with Gasteiger partial charge in [0.15, 0.2) is 0 Å². The Hall–Kier alpha value is -1.59. The van der Waals surface area contributed by atoms with E-state index in [0.29, 0.717) is 6.04 Å². The quantitative estimate of drug-likeness (QED) is 0.630. The van der Waals surface area contributed by atoms with Gasteiger partial charge in [-0.25, -0.2) is 0 Å². The van der Waals surface area contributed by atoms with E-state index in [-0.39, 0.29) is 11.9 Å². The molecule has 20 heavy (non-hydrogen) atoms. The summed E-state index contributed by atoms with van der Waals surface area (Å²) in [7, 11) is 0. The largest absolute Gasteiger partial charge is 0.333 e. The van der Waals surface area contributed by atoms with Crippen LogP contribution < -0.4 is 11.3 Å². The number of nitrogen functional groups attached to an aromatic ring is 1. The molecule has 3 N–H and O–H groups in total. The molecule has 108 valence electrons. The van der Waals surface area contributed by atoms with Crippen LogP contribution in [0.3, 0.4) is 0 Å². The van der Waals surface area contributed by atoms with Crippen molar-refractivity contribution < 1.29 is 4.79 Å². The molecule has 2 atom stereocenters. The topological polar surface area (TPSA) is 61.6 Å². The predicted octanol–water partition coefficient (Wildman–Crippen LogP) is 1.28. The molecule has 1 aromatic rings. The minimum Gasteiger partial charge on any atom is -0.333 e. The van der Waals surface area contributed by atoms with Gasteiger partial charge in [0.05, 0.1) is 0 Å². The third-order valence-electron chi connectivity index (χ3n) is 4.50. The molecule has 2 aliphatic heterocycles. The van der Waals surface area contributed by atoms with Crippen LogP contribution in [-0.2, 0) is 0 Å². The number of anilines is 1. The normalized spacial score (nSPS) is 26.4. The van der Waals surface area contributed by atoms with Gasteiger partial charge >= 0.3 is 0 Å². The third-order valence-corrected chi connectivity index (χ3v) is 4.50. The molecule has 0 spiro atoms. The van der Waals surface area contributed by atoms with Gasteiger partial charge in [-0.3, -0.25) is 15.5 Å². The number of hydrogen-bond acceptors (Lipinski definition) is 4. The Labute approximate surface area is 119 Å². The molecule has 2 fully saturated rings. The number of nitrogens with zero attached hydrogens (tertiary/aromatic N) is 2. The predicted molar refractivity (Wildman–Crippen MR) is 79.3 cm³/mol. The molecule has 2 saturated heterocycles. The fraction of sp³-hybridized carbons (Fsp3) is 0.533. The van der Waals surface area contributed by atoms with Crippen molar-refractivity contribution in [3.8, 4) is 0 Å². The molecule has 1 aromatic carbocycles. The van der Waals surface area contributed by atoms with Gasteiger partial charge in [-0.2, -0.15) is 0 Å². The Morgan fingerprint density at radius 2 is 2.05 bits per heavy atom. The lowest BCUT2D eigenvalue weighted by Crippen LogP contribution is -2.56. The van der Waals surface area contributed by atoms with Crippen LogP contribution in [0.2, 0.25) is 0 Å². The second-order valence-corrected chi connectivity index (χ2v) is 5.82. The molecule has 1 amide bonds. The van der Waals surface area contributed by atoms with Gasteiger partial charge in [-0.15, -0.1) is 0 Å². The molecule has 5 nitrogen and oxygen atoms in total. The van der Waals surface area contributed by atoms with Gasteiger partial charge in [0.2, 0.25) is 0 Å². The van der Waals surface area contributed by atoms with E-state index in [1.807, 2.05) is 29.2 Å². The molecule has 0 aliphatic carbocycles. The van der Waals surface area contributed by atoms with E-state index in [1.54, 1.807) is 0 Å². The molecule has 2 unspecified atom stereocenters. The lowest BCUT2D eigenvalue weighted by atomic mass is 10.1. The van der Waals surface area contributed by atoms with Crippen LogP contribution in [0.25, 0.3) is 0 Å². The number of piperazine rings is 1.